The average molecular weight is 472 g/mol. The van der Waals surface area contributed by atoms with Crippen LogP contribution in [-0.2, 0) is 11.2 Å². The van der Waals surface area contributed by atoms with Crippen LogP contribution in [0.3, 0.4) is 0 Å². The number of benzene rings is 1. The third-order valence-electron chi connectivity index (χ3n) is 6.13. The number of aryl methyl sites for hydroxylation is 2. The van der Waals surface area contributed by atoms with Gasteiger partial charge in [0.2, 0.25) is 5.91 Å². The highest BCUT2D eigenvalue weighted by Crippen LogP contribution is 2.31. The van der Waals surface area contributed by atoms with E-state index < -0.39 is 0 Å². The number of ether oxygens (including phenoxy) is 1. The molecule has 0 N–H and O–H groups in total. The number of thioether (sulfide) groups is 1. The second kappa shape index (κ2) is 9.67. The van der Waals surface area contributed by atoms with Crippen LogP contribution in [0.25, 0.3) is 15.9 Å². The first-order valence-corrected chi connectivity index (χ1v) is 12.8. The number of carbonyl (C=O) groups excluding carboxylic acids is 1. The Kier molecular flexibility index (Phi) is 6.90. The molecular formula is C24H29N3O3S2. The second-order valence-corrected chi connectivity index (χ2v) is 10.3. The normalized spacial score (nSPS) is 14.8. The predicted octanol–water partition coefficient (Wildman–Crippen LogP) is 4.68. The molecule has 4 rings (SSSR count). The molecule has 3 heterocycles. The van der Waals surface area contributed by atoms with Gasteiger partial charge in [0.15, 0.2) is 5.16 Å². The number of amides is 1. The number of nitrogens with zero attached hydrogens (tertiary/aromatic N) is 3. The maximum absolute atomic E-state index is 13.7. The number of hydrogen-bond acceptors (Lipinski definition) is 6. The summed E-state index contributed by atoms with van der Waals surface area (Å²) in [6, 6.07) is 7.41. The highest BCUT2D eigenvalue weighted by Gasteiger charge is 2.23. The lowest BCUT2D eigenvalue weighted by molar-refractivity contribution is -0.129. The van der Waals surface area contributed by atoms with E-state index in [1.165, 1.54) is 16.6 Å². The standard InChI is InChI=1S/C24H29N3O3S2/c1-5-19-16(3)21-22(32-19)25-24(31-14-20(28)26-11-9-15(2)10-12-26)27(23(21)29)17-7-6-8-18(13-17)30-4/h6-8,13,15H,5,9-12,14H2,1-4H3. The van der Waals surface area contributed by atoms with E-state index in [0.29, 0.717) is 27.9 Å². The molecule has 0 bridgehead atoms. The summed E-state index contributed by atoms with van der Waals surface area (Å²) in [5.41, 5.74) is 1.59. The number of carbonyl (C=O) groups is 1. The van der Waals surface area contributed by atoms with Gasteiger partial charge in [0, 0.05) is 24.0 Å². The van der Waals surface area contributed by atoms with Crippen molar-refractivity contribution in [1.29, 1.82) is 0 Å². The van der Waals surface area contributed by atoms with Gasteiger partial charge in [-0.1, -0.05) is 31.7 Å². The van der Waals surface area contributed by atoms with Crippen molar-refractivity contribution in [2.45, 2.75) is 45.2 Å². The van der Waals surface area contributed by atoms with E-state index >= 15 is 0 Å². The molecule has 1 aromatic carbocycles. The Balaban J connectivity index is 1.74. The topological polar surface area (TPSA) is 64.4 Å². The third-order valence-corrected chi connectivity index (χ3v) is 8.38. The van der Waals surface area contributed by atoms with Crippen molar-refractivity contribution in [3.05, 3.63) is 45.1 Å². The zero-order chi connectivity index (χ0) is 22.8. The Morgan fingerprint density at radius 3 is 2.75 bits per heavy atom. The number of rotatable bonds is 6. The van der Waals surface area contributed by atoms with Gasteiger partial charge in [-0.05, 0) is 49.8 Å². The van der Waals surface area contributed by atoms with Gasteiger partial charge in [-0.3, -0.25) is 14.2 Å². The molecule has 0 unspecified atom stereocenters. The quantitative estimate of drug-likeness (QED) is 0.386. The Labute approximate surface area is 196 Å². The van der Waals surface area contributed by atoms with Crippen molar-refractivity contribution in [3.63, 3.8) is 0 Å². The molecule has 3 aromatic rings. The van der Waals surface area contributed by atoms with Crippen LogP contribution in [0, 0.1) is 12.8 Å². The molecule has 0 radical (unpaired) electrons. The summed E-state index contributed by atoms with van der Waals surface area (Å²) in [6.45, 7) is 7.92. The Morgan fingerprint density at radius 1 is 1.31 bits per heavy atom. The van der Waals surface area contributed by atoms with Gasteiger partial charge in [0.25, 0.3) is 5.56 Å². The number of aromatic nitrogens is 2. The van der Waals surface area contributed by atoms with Crippen LogP contribution in [0.2, 0.25) is 0 Å². The van der Waals surface area contributed by atoms with E-state index in [1.54, 1.807) is 23.0 Å². The molecule has 6 nitrogen and oxygen atoms in total. The predicted molar refractivity (Wildman–Crippen MR) is 132 cm³/mol. The molecule has 1 fully saturated rings. The Hall–Kier alpha value is -2.32. The minimum absolute atomic E-state index is 0.0987. The van der Waals surface area contributed by atoms with Crippen molar-refractivity contribution >= 4 is 39.2 Å². The molecule has 0 saturated carbocycles. The molecule has 1 aliphatic heterocycles. The summed E-state index contributed by atoms with van der Waals surface area (Å²) in [7, 11) is 1.60. The van der Waals surface area contributed by atoms with E-state index in [4.69, 9.17) is 9.72 Å². The lowest BCUT2D eigenvalue weighted by atomic mass is 9.99. The molecular weight excluding hydrogens is 442 g/mol. The number of hydrogen-bond donors (Lipinski definition) is 0. The van der Waals surface area contributed by atoms with Crippen LogP contribution < -0.4 is 10.3 Å². The molecule has 32 heavy (non-hydrogen) atoms. The minimum atomic E-state index is -0.0987. The fraction of sp³-hybridized carbons (Fsp3) is 0.458. The molecule has 8 heteroatoms. The lowest BCUT2D eigenvalue weighted by Crippen LogP contribution is -2.39. The molecule has 1 saturated heterocycles. The summed E-state index contributed by atoms with van der Waals surface area (Å²) >= 11 is 2.90. The minimum Gasteiger partial charge on any atom is -0.497 e. The Bertz CT molecular complexity index is 1190. The van der Waals surface area contributed by atoms with Crippen LogP contribution in [0.5, 0.6) is 5.75 Å². The third kappa shape index (κ3) is 4.43. The van der Waals surface area contributed by atoms with Crippen LogP contribution >= 0.6 is 23.1 Å². The Morgan fingerprint density at radius 2 is 2.06 bits per heavy atom. The van der Waals surface area contributed by atoms with Gasteiger partial charge in [-0.25, -0.2) is 4.98 Å². The second-order valence-electron chi connectivity index (χ2n) is 8.27. The van der Waals surface area contributed by atoms with Crippen LogP contribution in [0.1, 0.15) is 37.1 Å². The summed E-state index contributed by atoms with van der Waals surface area (Å²) < 4.78 is 7.00. The van der Waals surface area contributed by atoms with Gasteiger partial charge in [0.1, 0.15) is 10.6 Å². The fourth-order valence-electron chi connectivity index (χ4n) is 4.10. The van der Waals surface area contributed by atoms with Gasteiger partial charge in [-0.15, -0.1) is 11.3 Å². The number of methoxy groups -OCH3 is 1. The van der Waals surface area contributed by atoms with Crippen molar-refractivity contribution in [3.8, 4) is 11.4 Å². The molecule has 0 atom stereocenters. The van der Waals surface area contributed by atoms with Crippen LogP contribution in [0.15, 0.2) is 34.2 Å². The number of piperidine rings is 1. The zero-order valence-electron chi connectivity index (χ0n) is 19.0. The first-order chi connectivity index (χ1) is 15.4. The van der Waals surface area contributed by atoms with E-state index in [0.717, 1.165) is 42.7 Å². The highest BCUT2D eigenvalue weighted by molar-refractivity contribution is 7.99. The fourth-order valence-corrected chi connectivity index (χ4v) is 6.17. The van der Waals surface area contributed by atoms with Crippen molar-refractivity contribution < 1.29 is 9.53 Å². The first-order valence-electron chi connectivity index (χ1n) is 11.0. The summed E-state index contributed by atoms with van der Waals surface area (Å²) in [6.07, 6.45) is 2.95. The monoisotopic (exact) mass is 471 g/mol. The van der Waals surface area contributed by atoms with E-state index in [1.807, 2.05) is 36.1 Å². The van der Waals surface area contributed by atoms with Gasteiger partial charge < -0.3 is 9.64 Å². The maximum Gasteiger partial charge on any atom is 0.267 e. The van der Waals surface area contributed by atoms with Gasteiger partial charge in [-0.2, -0.15) is 0 Å². The average Bonchev–Trinajstić information content (AvgIpc) is 3.13. The van der Waals surface area contributed by atoms with Crippen LogP contribution in [-0.4, -0.2) is 46.3 Å². The molecule has 0 aliphatic carbocycles. The molecule has 2 aromatic heterocycles. The van der Waals surface area contributed by atoms with E-state index in [9.17, 15) is 9.59 Å². The van der Waals surface area contributed by atoms with Gasteiger partial charge in [0.05, 0.1) is 23.9 Å². The SMILES string of the molecule is CCc1sc2nc(SCC(=O)N3CCC(C)CC3)n(-c3cccc(OC)c3)c(=O)c2c1C. The first kappa shape index (κ1) is 22.9. The summed E-state index contributed by atoms with van der Waals surface area (Å²) in [5, 5.41) is 1.20. The van der Waals surface area contributed by atoms with Crippen molar-refractivity contribution in [1.82, 2.24) is 14.5 Å². The number of thiophene rings is 1. The summed E-state index contributed by atoms with van der Waals surface area (Å²) in [5.74, 6) is 1.70. The molecule has 1 aliphatic rings. The van der Waals surface area contributed by atoms with Crippen molar-refractivity contribution in [2.24, 2.45) is 5.92 Å². The van der Waals surface area contributed by atoms with Gasteiger partial charge >= 0.3 is 0 Å². The zero-order valence-corrected chi connectivity index (χ0v) is 20.6. The molecule has 0 spiro atoms. The van der Waals surface area contributed by atoms with E-state index in [2.05, 4.69) is 13.8 Å². The number of likely N-dealkylation sites (tertiary alicyclic amines) is 1. The van der Waals surface area contributed by atoms with E-state index in [-0.39, 0.29) is 17.2 Å². The van der Waals surface area contributed by atoms with Crippen LogP contribution in [0.4, 0.5) is 0 Å². The molecule has 170 valence electrons. The maximum atomic E-state index is 13.7. The summed E-state index contributed by atoms with van der Waals surface area (Å²) in [4.78, 5) is 35.2. The highest BCUT2D eigenvalue weighted by atomic mass is 32.2. The smallest absolute Gasteiger partial charge is 0.267 e. The largest absolute Gasteiger partial charge is 0.497 e. The lowest BCUT2D eigenvalue weighted by Gasteiger charge is -2.30. The number of fused-ring (bicyclic) bond motifs is 1. The van der Waals surface area contributed by atoms with Crippen molar-refractivity contribution in [2.75, 3.05) is 26.0 Å². The molecule has 1 amide bonds.